The summed E-state index contributed by atoms with van der Waals surface area (Å²) in [6.07, 6.45) is -0.333. The standard InChI is InChI=1S/C4H9N.2C3H8O.CH3.Nb/c1-4(2,3)5;2*1-3(2)4;;/h1-3H3;2*3-4H,1-2H3;1H3;/q;;;-1;. The van der Waals surface area contributed by atoms with Crippen LogP contribution in [-0.4, -0.2) is 28.0 Å². The van der Waals surface area contributed by atoms with Gasteiger partial charge in [-0.25, -0.2) is 0 Å². The minimum atomic E-state index is -0.167. The molecule has 0 saturated heterocycles. The van der Waals surface area contributed by atoms with Gasteiger partial charge in [-0.3, -0.25) is 0 Å². The van der Waals surface area contributed by atoms with E-state index in [1.807, 2.05) is 0 Å². The zero-order valence-corrected chi connectivity index (χ0v) is 13.6. The summed E-state index contributed by atoms with van der Waals surface area (Å²) in [4.78, 5) is 0. The van der Waals surface area contributed by atoms with Gasteiger partial charge in [-0.1, -0.05) is 0 Å². The van der Waals surface area contributed by atoms with Crippen LogP contribution < -0.4 is 0 Å². The third kappa shape index (κ3) is 188. The molecule has 95 valence electrons. The Hall–Kier alpha value is 0.460. The molecule has 15 heavy (non-hydrogen) atoms. The van der Waals surface area contributed by atoms with Crippen molar-refractivity contribution in [2.75, 3.05) is 0 Å². The second-order valence-electron chi connectivity index (χ2n) is 4.46. The Morgan fingerprint density at radius 2 is 1.00 bits per heavy atom. The number of rotatable bonds is 0. The second kappa shape index (κ2) is 14.5. The van der Waals surface area contributed by atoms with Crippen molar-refractivity contribution in [3.8, 4) is 0 Å². The molecule has 0 spiro atoms. The van der Waals surface area contributed by atoms with Gasteiger partial charge in [0.15, 0.2) is 0 Å². The maximum Gasteiger partial charge on any atom is 0.0483 e. The molecule has 0 atom stereocenters. The summed E-state index contributed by atoms with van der Waals surface area (Å²) in [7, 11) is 0. The van der Waals surface area contributed by atoms with E-state index in [4.69, 9.17) is 10.2 Å². The number of hydrogen-bond acceptors (Lipinski definition) is 3. The van der Waals surface area contributed by atoms with Crippen molar-refractivity contribution in [3.05, 3.63) is 7.43 Å². The Morgan fingerprint density at radius 3 is 1.00 bits per heavy atom. The van der Waals surface area contributed by atoms with Gasteiger partial charge in [-0.05, 0) is 27.7 Å². The molecule has 0 aromatic carbocycles. The van der Waals surface area contributed by atoms with Crippen molar-refractivity contribution in [2.45, 2.75) is 66.2 Å². The van der Waals surface area contributed by atoms with Crippen LogP contribution in [0.15, 0.2) is 3.34 Å². The molecule has 0 radical (unpaired) electrons. The Balaban J connectivity index is -0.0000000606. The van der Waals surface area contributed by atoms with Gasteiger partial charge in [-0.15, -0.1) is 0 Å². The van der Waals surface area contributed by atoms with Gasteiger partial charge in [0.2, 0.25) is 0 Å². The van der Waals surface area contributed by atoms with Crippen molar-refractivity contribution in [1.29, 1.82) is 0 Å². The van der Waals surface area contributed by atoms with Crippen molar-refractivity contribution in [2.24, 2.45) is 3.34 Å². The van der Waals surface area contributed by atoms with E-state index in [1.165, 1.54) is 20.9 Å². The first-order valence-corrected chi connectivity index (χ1v) is 5.73. The number of nitrogens with zero attached hydrogens (tertiary/aromatic N) is 1. The molecule has 0 saturated carbocycles. The summed E-state index contributed by atoms with van der Waals surface area (Å²) >= 11 is 1.52. The first-order valence-electron chi connectivity index (χ1n) is 4.75. The van der Waals surface area contributed by atoms with Crippen LogP contribution in [0, 0.1) is 7.43 Å². The molecule has 0 fully saturated rings. The van der Waals surface area contributed by atoms with Gasteiger partial charge in [0.1, 0.15) is 0 Å². The fraction of sp³-hybridized carbons (Fsp3) is 0.909. The molecule has 0 aliphatic carbocycles. The van der Waals surface area contributed by atoms with E-state index in [-0.39, 0.29) is 25.2 Å². The van der Waals surface area contributed by atoms with Gasteiger partial charge >= 0.3 is 50.5 Å². The molecule has 3 nitrogen and oxygen atoms in total. The second-order valence-corrected chi connectivity index (χ2v) is 4.95. The van der Waals surface area contributed by atoms with Crippen LogP contribution in [0.2, 0.25) is 0 Å². The Kier molecular flexibility index (Phi) is 23.7. The maximum atomic E-state index is 8.06. The van der Waals surface area contributed by atoms with Crippen LogP contribution in [0.25, 0.3) is 0 Å². The molecule has 0 aromatic heterocycles. The van der Waals surface area contributed by atoms with E-state index in [2.05, 4.69) is 24.1 Å². The smallest absolute Gasteiger partial charge is 0.0483 e. The summed E-state index contributed by atoms with van der Waals surface area (Å²) in [6.45, 7) is 13.2. The quantitative estimate of drug-likeness (QED) is 0.534. The topological polar surface area (TPSA) is 52.8 Å². The van der Waals surface area contributed by atoms with Crippen LogP contribution in [0.4, 0.5) is 0 Å². The number of aliphatic hydroxyl groups excluding tert-OH is 2. The van der Waals surface area contributed by atoms with Crippen LogP contribution in [-0.2, 0) is 20.9 Å². The fourth-order valence-corrected chi connectivity index (χ4v) is 0. The minimum absolute atomic E-state index is 0. The molecule has 0 aromatic rings. The van der Waals surface area contributed by atoms with Crippen molar-refractivity contribution < 1.29 is 31.1 Å². The molecule has 0 rings (SSSR count). The molecule has 4 heteroatoms. The molecule has 0 aliphatic rings. The monoisotopic (exact) mass is 299 g/mol. The molecule has 0 unspecified atom stereocenters. The molecule has 0 aliphatic heterocycles. The third-order valence-electron chi connectivity index (χ3n) is 0.300. The van der Waals surface area contributed by atoms with Gasteiger partial charge < -0.3 is 17.6 Å². The van der Waals surface area contributed by atoms with E-state index in [9.17, 15) is 0 Å². The number of aliphatic hydroxyl groups is 2. The summed E-state index contributed by atoms with van der Waals surface area (Å²) in [6, 6.07) is 0. The van der Waals surface area contributed by atoms with E-state index in [0.717, 1.165) is 0 Å². The predicted octanol–water partition coefficient (Wildman–Crippen LogP) is 2.74. The summed E-state index contributed by atoms with van der Waals surface area (Å²) in [5.74, 6) is 0. The van der Waals surface area contributed by atoms with E-state index in [1.54, 1.807) is 27.7 Å². The largest absolute Gasteiger partial charge is 0.394 e. The fourth-order valence-electron chi connectivity index (χ4n) is 0. The summed E-state index contributed by atoms with van der Waals surface area (Å²) in [5, 5.41) is 16.1. The molecule has 2 N–H and O–H groups in total. The average molecular weight is 299 g/mol. The zero-order valence-electron chi connectivity index (χ0n) is 11.4. The maximum absolute atomic E-state index is 8.06. The van der Waals surface area contributed by atoms with E-state index < -0.39 is 0 Å². The first kappa shape index (κ1) is 24.6. The third-order valence-corrected chi connectivity index (χ3v) is 1.77. The van der Waals surface area contributed by atoms with Gasteiger partial charge in [0.05, 0.1) is 0 Å². The minimum Gasteiger partial charge on any atom is -0.394 e. The SMILES string of the molecule is CC(C)(C)[N]=[Nb].CC(C)O.CC(C)O.[CH3-]. The Bertz CT molecular complexity index is 109. The van der Waals surface area contributed by atoms with E-state index in [0.29, 0.717) is 0 Å². The average Bonchev–Trinajstić information content (AvgIpc) is 1.83. The van der Waals surface area contributed by atoms with Gasteiger partial charge in [0.25, 0.3) is 0 Å². The van der Waals surface area contributed by atoms with Crippen LogP contribution in [0.3, 0.4) is 0 Å². The Morgan fingerprint density at radius 1 is 0.933 bits per heavy atom. The molecule has 0 bridgehead atoms. The zero-order chi connectivity index (χ0) is 12.4. The van der Waals surface area contributed by atoms with Gasteiger partial charge in [-0.2, -0.15) is 0 Å². The van der Waals surface area contributed by atoms with Crippen molar-refractivity contribution in [3.63, 3.8) is 0 Å². The van der Waals surface area contributed by atoms with E-state index >= 15 is 0 Å². The molecular weight excluding hydrogens is 271 g/mol. The van der Waals surface area contributed by atoms with Crippen LogP contribution in [0.5, 0.6) is 0 Å². The van der Waals surface area contributed by atoms with Crippen LogP contribution in [0.1, 0.15) is 48.5 Å². The van der Waals surface area contributed by atoms with Crippen LogP contribution >= 0.6 is 0 Å². The predicted molar refractivity (Wildman–Crippen MR) is 63.3 cm³/mol. The normalized spacial score (nSPS) is 9.20. The first-order chi connectivity index (χ1) is 6.02. The summed E-state index contributed by atoms with van der Waals surface area (Å²) < 4.78 is 4.07. The Labute approximate surface area is 108 Å². The molecule has 0 heterocycles. The molecular formula is C11H28NNbO2-. The van der Waals surface area contributed by atoms with Crippen molar-refractivity contribution in [1.82, 2.24) is 0 Å². The molecule has 0 amide bonds. The van der Waals surface area contributed by atoms with Crippen molar-refractivity contribution >= 4 is 0 Å². The van der Waals surface area contributed by atoms with Gasteiger partial charge in [0, 0.05) is 12.2 Å². The number of hydrogen-bond donors (Lipinski definition) is 2. The summed E-state index contributed by atoms with van der Waals surface area (Å²) in [5.41, 5.74) is 0.189.